The Kier molecular flexibility index (Phi) is 4.28. The predicted octanol–water partition coefficient (Wildman–Crippen LogP) is 3.09. The monoisotopic (exact) mass is 218 g/mol. The van der Waals surface area contributed by atoms with Gasteiger partial charge in [-0.25, -0.2) is 0 Å². The van der Waals surface area contributed by atoms with E-state index in [9.17, 15) is 0 Å². The highest BCUT2D eigenvalue weighted by molar-refractivity contribution is 6.32. The Labute approximate surface area is 92.4 Å². The minimum atomic E-state index is -0.753. The van der Waals surface area contributed by atoms with E-state index in [1.54, 1.807) is 36.4 Å². The summed E-state index contributed by atoms with van der Waals surface area (Å²) in [5.41, 5.74) is 0.536. The van der Waals surface area contributed by atoms with Crippen molar-refractivity contribution in [2.75, 3.05) is 6.54 Å². The number of nitrogens with zero attached hydrogens (tertiary/aromatic N) is 4. The van der Waals surface area contributed by atoms with Crippen molar-refractivity contribution in [1.29, 1.82) is 10.5 Å². The van der Waals surface area contributed by atoms with Gasteiger partial charge < -0.3 is 0 Å². The quantitative estimate of drug-likeness (QED) is 0.732. The summed E-state index contributed by atoms with van der Waals surface area (Å²) in [6, 6.07) is 10.6. The summed E-state index contributed by atoms with van der Waals surface area (Å²) in [6.07, 6.45) is 0. The van der Waals surface area contributed by atoms with E-state index in [2.05, 4.69) is 10.2 Å². The molecule has 0 aliphatic heterocycles. The van der Waals surface area contributed by atoms with Crippen molar-refractivity contribution in [3.8, 4) is 12.1 Å². The Hall–Kier alpha value is -1.91. The van der Waals surface area contributed by atoms with Crippen molar-refractivity contribution in [3.63, 3.8) is 0 Å². The van der Waals surface area contributed by atoms with E-state index in [0.717, 1.165) is 0 Å². The number of rotatable bonds is 3. The Balaban J connectivity index is 2.64. The van der Waals surface area contributed by atoms with Crippen molar-refractivity contribution in [3.05, 3.63) is 29.3 Å². The van der Waals surface area contributed by atoms with E-state index >= 15 is 0 Å². The van der Waals surface area contributed by atoms with E-state index in [0.29, 0.717) is 10.7 Å². The Morgan fingerprint density at radius 1 is 1.27 bits per heavy atom. The SMILES string of the molecule is N#CC(C#N)CN=Nc1ccccc1Cl. The van der Waals surface area contributed by atoms with E-state index in [-0.39, 0.29) is 6.54 Å². The zero-order valence-electron chi connectivity index (χ0n) is 7.76. The fraction of sp³-hybridized carbons (Fsp3) is 0.200. The molecular formula is C10H7ClN4. The van der Waals surface area contributed by atoms with Crippen LogP contribution in [0.3, 0.4) is 0 Å². The Bertz CT molecular complexity index is 427. The van der Waals surface area contributed by atoms with Gasteiger partial charge in [0.1, 0.15) is 5.69 Å². The maximum absolute atomic E-state index is 8.48. The molecule has 0 unspecified atom stereocenters. The van der Waals surface area contributed by atoms with Crippen LogP contribution in [0, 0.1) is 28.6 Å². The molecule has 0 atom stereocenters. The molecule has 0 N–H and O–H groups in total. The average Bonchev–Trinajstić information content (AvgIpc) is 2.27. The van der Waals surface area contributed by atoms with Gasteiger partial charge in [0.2, 0.25) is 0 Å². The minimum absolute atomic E-state index is 0.0677. The molecule has 0 fully saturated rings. The van der Waals surface area contributed by atoms with Crippen molar-refractivity contribution in [2.24, 2.45) is 16.1 Å². The van der Waals surface area contributed by atoms with Crippen LogP contribution in [0.2, 0.25) is 5.02 Å². The summed E-state index contributed by atoms with van der Waals surface area (Å²) in [5, 5.41) is 25.0. The normalized spacial score (nSPS) is 10.1. The Morgan fingerprint density at radius 3 is 2.53 bits per heavy atom. The molecule has 0 bridgehead atoms. The number of hydrogen-bond donors (Lipinski definition) is 0. The smallest absolute Gasteiger partial charge is 0.154 e. The highest BCUT2D eigenvalue weighted by Gasteiger charge is 2.03. The lowest BCUT2D eigenvalue weighted by molar-refractivity contribution is 0.809. The van der Waals surface area contributed by atoms with Crippen molar-refractivity contribution in [1.82, 2.24) is 0 Å². The van der Waals surface area contributed by atoms with Gasteiger partial charge in [0, 0.05) is 0 Å². The zero-order chi connectivity index (χ0) is 11.1. The second-order valence-corrected chi connectivity index (χ2v) is 3.09. The third-order valence-corrected chi connectivity index (χ3v) is 1.93. The molecule has 0 saturated heterocycles. The summed E-state index contributed by atoms with van der Waals surface area (Å²) in [6.45, 7) is 0.0677. The van der Waals surface area contributed by atoms with Gasteiger partial charge in [-0.15, -0.1) is 0 Å². The van der Waals surface area contributed by atoms with Crippen LogP contribution in [-0.4, -0.2) is 6.54 Å². The first-order valence-corrected chi connectivity index (χ1v) is 4.57. The molecule has 0 saturated carbocycles. The molecule has 0 aliphatic rings. The standard InChI is InChI=1S/C10H7ClN4/c11-9-3-1-2-4-10(9)15-14-7-8(5-12)6-13/h1-4,8H,7H2. The number of halogens is 1. The molecule has 15 heavy (non-hydrogen) atoms. The van der Waals surface area contributed by atoms with Gasteiger partial charge in [-0.05, 0) is 12.1 Å². The van der Waals surface area contributed by atoms with Gasteiger partial charge in [0.15, 0.2) is 5.92 Å². The van der Waals surface area contributed by atoms with Gasteiger partial charge in [-0.2, -0.15) is 20.8 Å². The van der Waals surface area contributed by atoms with Gasteiger partial charge >= 0.3 is 0 Å². The molecule has 0 radical (unpaired) electrons. The van der Waals surface area contributed by atoms with Gasteiger partial charge in [0.05, 0.1) is 23.7 Å². The molecule has 5 heteroatoms. The van der Waals surface area contributed by atoms with Crippen molar-refractivity contribution in [2.45, 2.75) is 0 Å². The lowest BCUT2D eigenvalue weighted by Crippen LogP contribution is -1.95. The first-order valence-electron chi connectivity index (χ1n) is 4.19. The first-order chi connectivity index (χ1) is 7.27. The maximum atomic E-state index is 8.48. The fourth-order valence-electron chi connectivity index (χ4n) is 0.842. The predicted molar refractivity (Wildman–Crippen MR) is 55.6 cm³/mol. The topological polar surface area (TPSA) is 72.3 Å². The molecule has 1 rings (SSSR count). The third-order valence-electron chi connectivity index (χ3n) is 1.61. The van der Waals surface area contributed by atoms with Crippen molar-refractivity contribution >= 4 is 17.3 Å². The third kappa shape index (κ3) is 3.38. The van der Waals surface area contributed by atoms with Crippen LogP contribution in [0.5, 0.6) is 0 Å². The van der Waals surface area contributed by atoms with E-state index in [4.69, 9.17) is 22.1 Å². The summed E-state index contributed by atoms with van der Waals surface area (Å²) >= 11 is 5.82. The largest absolute Gasteiger partial charge is 0.197 e. The summed E-state index contributed by atoms with van der Waals surface area (Å²) < 4.78 is 0. The molecule has 0 spiro atoms. The fourth-order valence-corrected chi connectivity index (χ4v) is 1.02. The molecular weight excluding hydrogens is 212 g/mol. The van der Waals surface area contributed by atoms with Crippen LogP contribution in [-0.2, 0) is 0 Å². The summed E-state index contributed by atoms with van der Waals surface area (Å²) in [7, 11) is 0. The van der Waals surface area contributed by atoms with E-state index < -0.39 is 5.92 Å². The second-order valence-electron chi connectivity index (χ2n) is 2.69. The molecule has 1 aromatic carbocycles. The molecule has 0 aromatic heterocycles. The number of benzene rings is 1. The Morgan fingerprint density at radius 2 is 1.93 bits per heavy atom. The molecule has 74 valence electrons. The molecule has 0 heterocycles. The van der Waals surface area contributed by atoms with Crippen LogP contribution in [0.25, 0.3) is 0 Å². The zero-order valence-corrected chi connectivity index (χ0v) is 8.52. The van der Waals surface area contributed by atoms with Crippen LogP contribution in [0.15, 0.2) is 34.5 Å². The average molecular weight is 219 g/mol. The highest BCUT2D eigenvalue weighted by atomic mass is 35.5. The minimum Gasteiger partial charge on any atom is -0.197 e. The second kappa shape index (κ2) is 5.74. The molecule has 0 aliphatic carbocycles. The number of hydrogen-bond acceptors (Lipinski definition) is 4. The molecule has 0 amide bonds. The highest BCUT2D eigenvalue weighted by Crippen LogP contribution is 2.23. The van der Waals surface area contributed by atoms with Gasteiger partial charge in [-0.3, -0.25) is 0 Å². The summed E-state index contributed by atoms with van der Waals surface area (Å²) in [5.74, 6) is -0.753. The number of azo groups is 1. The lowest BCUT2D eigenvalue weighted by Gasteiger charge is -1.95. The first kappa shape index (κ1) is 11.2. The number of nitriles is 2. The van der Waals surface area contributed by atoms with Crippen molar-refractivity contribution < 1.29 is 0 Å². The summed E-state index contributed by atoms with van der Waals surface area (Å²) in [4.78, 5) is 0. The maximum Gasteiger partial charge on any atom is 0.154 e. The van der Waals surface area contributed by atoms with Gasteiger partial charge in [0.25, 0.3) is 0 Å². The lowest BCUT2D eigenvalue weighted by atomic mass is 10.2. The molecule has 1 aromatic rings. The van der Waals surface area contributed by atoms with E-state index in [1.807, 2.05) is 0 Å². The molecule has 4 nitrogen and oxygen atoms in total. The van der Waals surface area contributed by atoms with Crippen LogP contribution >= 0.6 is 11.6 Å². The van der Waals surface area contributed by atoms with Crippen LogP contribution in [0.4, 0.5) is 5.69 Å². The van der Waals surface area contributed by atoms with E-state index in [1.165, 1.54) is 0 Å². The van der Waals surface area contributed by atoms with Crippen LogP contribution < -0.4 is 0 Å². The van der Waals surface area contributed by atoms with Crippen LogP contribution in [0.1, 0.15) is 0 Å². The van der Waals surface area contributed by atoms with Gasteiger partial charge in [-0.1, -0.05) is 23.7 Å².